The van der Waals surface area contributed by atoms with Gasteiger partial charge >= 0.3 is 0 Å². The number of nitrogens with one attached hydrogen (secondary N) is 1. The Kier molecular flexibility index (Phi) is 2.65. The molecule has 2 heterocycles. The molecular formula is C20H15NO3. The highest BCUT2D eigenvalue weighted by Gasteiger charge is 2.28. The molecule has 0 fully saturated rings. The number of fused-ring (bicyclic) bond motifs is 4. The van der Waals surface area contributed by atoms with Crippen LogP contribution in [0.3, 0.4) is 0 Å². The first-order chi connectivity index (χ1) is 11.7. The van der Waals surface area contributed by atoms with E-state index >= 15 is 0 Å². The van der Waals surface area contributed by atoms with Crippen molar-refractivity contribution in [3.05, 3.63) is 59.2 Å². The van der Waals surface area contributed by atoms with Crippen LogP contribution in [0.2, 0.25) is 0 Å². The van der Waals surface area contributed by atoms with Crippen LogP contribution in [0.4, 0.5) is 0 Å². The van der Waals surface area contributed by atoms with Crippen LogP contribution >= 0.6 is 0 Å². The molecule has 0 atom stereocenters. The van der Waals surface area contributed by atoms with Crippen molar-refractivity contribution in [2.24, 2.45) is 0 Å². The van der Waals surface area contributed by atoms with E-state index in [4.69, 9.17) is 9.47 Å². The molecule has 118 valence electrons. The Morgan fingerprint density at radius 2 is 2.00 bits per heavy atom. The Labute approximate surface area is 139 Å². The lowest BCUT2D eigenvalue weighted by atomic mass is 9.89. The zero-order chi connectivity index (χ0) is 16.3. The summed E-state index contributed by atoms with van der Waals surface area (Å²) in [6.07, 6.45) is 0. The predicted octanol–water partition coefficient (Wildman–Crippen LogP) is 3.79. The SMILES string of the molecule is Cc1cccc(-c2c3c(cc4ccc5c(c24)OCO5)C(=O)NC3)c1. The van der Waals surface area contributed by atoms with E-state index in [1.807, 2.05) is 24.3 Å². The molecule has 0 aromatic heterocycles. The van der Waals surface area contributed by atoms with Gasteiger partial charge in [-0.25, -0.2) is 0 Å². The molecule has 3 aromatic carbocycles. The zero-order valence-corrected chi connectivity index (χ0v) is 13.2. The minimum absolute atomic E-state index is 0.0153. The normalized spacial score (nSPS) is 14.8. The number of hydrogen-bond acceptors (Lipinski definition) is 3. The average molecular weight is 317 g/mol. The molecule has 24 heavy (non-hydrogen) atoms. The van der Waals surface area contributed by atoms with Gasteiger partial charge in [0.1, 0.15) is 0 Å². The summed E-state index contributed by atoms with van der Waals surface area (Å²) in [6.45, 7) is 2.84. The van der Waals surface area contributed by atoms with Gasteiger partial charge in [-0.1, -0.05) is 35.9 Å². The van der Waals surface area contributed by atoms with Gasteiger partial charge in [-0.2, -0.15) is 0 Å². The van der Waals surface area contributed by atoms with E-state index in [9.17, 15) is 4.79 Å². The molecule has 1 N–H and O–H groups in total. The molecule has 0 aliphatic carbocycles. The quantitative estimate of drug-likeness (QED) is 0.743. The smallest absolute Gasteiger partial charge is 0.251 e. The Morgan fingerprint density at radius 3 is 2.88 bits per heavy atom. The number of rotatable bonds is 1. The topological polar surface area (TPSA) is 47.6 Å². The van der Waals surface area contributed by atoms with E-state index in [-0.39, 0.29) is 12.7 Å². The molecular weight excluding hydrogens is 302 g/mol. The summed E-state index contributed by atoms with van der Waals surface area (Å²) >= 11 is 0. The van der Waals surface area contributed by atoms with Crippen molar-refractivity contribution < 1.29 is 14.3 Å². The summed E-state index contributed by atoms with van der Waals surface area (Å²) in [5, 5.41) is 4.95. The van der Waals surface area contributed by atoms with Gasteiger partial charge in [0.25, 0.3) is 5.91 Å². The molecule has 5 rings (SSSR count). The molecule has 0 spiro atoms. The number of aryl methyl sites for hydroxylation is 1. The summed E-state index contributed by atoms with van der Waals surface area (Å²) < 4.78 is 11.3. The monoisotopic (exact) mass is 317 g/mol. The lowest BCUT2D eigenvalue weighted by Gasteiger charge is -2.14. The maximum absolute atomic E-state index is 12.2. The van der Waals surface area contributed by atoms with Gasteiger partial charge in [-0.05, 0) is 41.1 Å². The highest BCUT2D eigenvalue weighted by molar-refractivity contribution is 6.11. The third kappa shape index (κ3) is 1.77. The third-order valence-electron chi connectivity index (χ3n) is 4.73. The largest absolute Gasteiger partial charge is 0.454 e. The van der Waals surface area contributed by atoms with Crippen LogP contribution in [0.15, 0.2) is 42.5 Å². The van der Waals surface area contributed by atoms with E-state index in [1.54, 1.807) is 0 Å². The third-order valence-corrected chi connectivity index (χ3v) is 4.73. The van der Waals surface area contributed by atoms with Crippen molar-refractivity contribution >= 4 is 16.7 Å². The molecule has 0 radical (unpaired) electrons. The Bertz CT molecular complexity index is 1020. The van der Waals surface area contributed by atoms with Crippen LogP contribution < -0.4 is 14.8 Å². The Hall–Kier alpha value is -3.01. The summed E-state index contributed by atoms with van der Waals surface area (Å²) in [5.41, 5.74) is 5.12. The fourth-order valence-electron chi connectivity index (χ4n) is 3.66. The van der Waals surface area contributed by atoms with Crippen molar-refractivity contribution in [1.29, 1.82) is 0 Å². The standard InChI is InChI=1S/C20H15NO3/c1-11-3-2-4-12(7-11)17-15-9-21-20(22)14(15)8-13-5-6-16-19(18(13)17)24-10-23-16/h2-8H,9-10H2,1H3,(H,21,22). The molecule has 1 amide bonds. The lowest BCUT2D eigenvalue weighted by molar-refractivity contribution is 0.0966. The highest BCUT2D eigenvalue weighted by Crippen LogP contribution is 2.46. The van der Waals surface area contributed by atoms with Crippen LogP contribution in [-0.4, -0.2) is 12.7 Å². The Balaban J connectivity index is 1.96. The van der Waals surface area contributed by atoms with Gasteiger partial charge in [0.15, 0.2) is 11.5 Å². The average Bonchev–Trinajstić information content (AvgIpc) is 3.20. The Morgan fingerprint density at radius 1 is 1.08 bits per heavy atom. The highest BCUT2D eigenvalue weighted by atomic mass is 16.7. The molecule has 0 unspecified atom stereocenters. The maximum Gasteiger partial charge on any atom is 0.251 e. The molecule has 2 aliphatic heterocycles. The van der Waals surface area contributed by atoms with Gasteiger partial charge in [0, 0.05) is 17.5 Å². The molecule has 2 aliphatic rings. The summed E-state index contributed by atoms with van der Waals surface area (Å²) in [4.78, 5) is 12.2. The van der Waals surface area contributed by atoms with Crippen LogP contribution in [0.25, 0.3) is 21.9 Å². The van der Waals surface area contributed by atoms with Gasteiger partial charge in [-0.15, -0.1) is 0 Å². The second-order valence-electron chi connectivity index (χ2n) is 6.23. The molecule has 0 saturated heterocycles. The summed E-state index contributed by atoms with van der Waals surface area (Å²) in [5.74, 6) is 1.51. The number of carbonyl (C=O) groups excluding carboxylic acids is 1. The first-order valence-electron chi connectivity index (χ1n) is 7.96. The van der Waals surface area contributed by atoms with Crippen molar-refractivity contribution in [3.63, 3.8) is 0 Å². The molecule has 3 aromatic rings. The van der Waals surface area contributed by atoms with E-state index < -0.39 is 0 Å². The number of hydrogen-bond donors (Lipinski definition) is 1. The van der Waals surface area contributed by atoms with E-state index in [2.05, 4.69) is 30.4 Å². The second-order valence-corrected chi connectivity index (χ2v) is 6.23. The molecule has 0 saturated carbocycles. The van der Waals surface area contributed by atoms with Crippen molar-refractivity contribution in [1.82, 2.24) is 5.32 Å². The van der Waals surface area contributed by atoms with E-state index in [1.165, 1.54) is 5.56 Å². The minimum atomic E-state index is -0.0153. The number of benzene rings is 3. The predicted molar refractivity (Wildman–Crippen MR) is 91.4 cm³/mol. The first kappa shape index (κ1) is 13.4. The number of amides is 1. The van der Waals surface area contributed by atoms with Gasteiger partial charge in [0.2, 0.25) is 6.79 Å². The number of ether oxygens (including phenoxy) is 2. The van der Waals surface area contributed by atoms with Crippen LogP contribution in [-0.2, 0) is 6.54 Å². The lowest BCUT2D eigenvalue weighted by Crippen LogP contribution is -2.12. The van der Waals surface area contributed by atoms with Crippen LogP contribution in [0, 0.1) is 6.92 Å². The van der Waals surface area contributed by atoms with Crippen LogP contribution in [0.1, 0.15) is 21.5 Å². The molecule has 4 nitrogen and oxygen atoms in total. The fourth-order valence-corrected chi connectivity index (χ4v) is 3.66. The van der Waals surface area contributed by atoms with Crippen LogP contribution in [0.5, 0.6) is 11.5 Å². The van der Waals surface area contributed by atoms with Crippen molar-refractivity contribution in [2.45, 2.75) is 13.5 Å². The second kappa shape index (κ2) is 4.74. The maximum atomic E-state index is 12.2. The van der Waals surface area contributed by atoms with Crippen molar-refractivity contribution in [2.75, 3.05) is 6.79 Å². The van der Waals surface area contributed by atoms with Crippen molar-refractivity contribution in [3.8, 4) is 22.6 Å². The fraction of sp³-hybridized carbons (Fsp3) is 0.150. The van der Waals surface area contributed by atoms with E-state index in [0.29, 0.717) is 6.54 Å². The first-order valence-corrected chi connectivity index (χ1v) is 7.96. The minimum Gasteiger partial charge on any atom is -0.454 e. The summed E-state index contributed by atoms with van der Waals surface area (Å²) in [7, 11) is 0. The summed E-state index contributed by atoms with van der Waals surface area (Å²) in [6, 6.07) is 14.2. The van der Waals surface area contributed by atoms with Gasteiger partial charge < -0.3 is 14.8 Å². The van der Waals surface area contributed by atoms with Gasteiger partial charge in [-0.3, -0.25) is 4.79 Å². The molecule has 4 heteroatoms. The van der Waals surface area contributed by atoms with Gasteiger partial charge in [0.05, 0.1) is 0 Å². The molecule has 0 bridgehead atoms. The number of carbonyl (C=O) groups is 1. The zero-order valence-electron chi connectivity index (χ0n) is 13.2. The van der Waals surface area contributed by atoms with E-state index in [0.717, 1.165) is 44.5 Å².